The van der Waals surface area contributed by atoms with Gasteiger partial charge in [-0.15, -0.1) is 0 Å². The fourth-order valence-electron chi connectivity index (χ4n) is 10.00. The van der Waals surface area contributed by atoms with Gasteiger partial charge in [-0.2, -0.15) is 0 Å². The number of likely N-dealkylation sites (tertiary alicyclic amines) is 2. The van der Waals surface area contributed by atoms with Crippen LogP contribution in [-0.4, -0.2) is 90.6 Å². The number of H-pyrrole nitrogens is 2. The third-order valence-electron chi connectivity index (χ3n) is 13.3. The van der Waals surface area contributed by atoms with E-state index in [2.05, 4.69) is 142 Å². The number of benzene rings is 5. The molecular weight excluding hydrogens is 769 g/mol. The van der Waals surface area contributed by atoms with Crippen molar-refractivity contribution in [2.45, 2.75) is 77.5 Å². The number of hydrogen-bond donors (Lipinski definition) is 2. The van der Waals surface area contributed by atoms with Gasteiger partial charge in [0.1, 0.15) is 23.7 Å². The van der Waals surface area contributed by atoms with Gasteiger partial charge in [0.05, 0.1) is 34.2 Å². The first-order valence-electron chi connectivity index (χ1n) is 22.7. The summed E-state index contributed by atoms with van der Waals surface area (Å²) in [6.07, 6.45) is 3.67. The van der Waals surface area contributed by atoms with Crippen LogP contribution in [0.4, 0.5) is 0 Å². The van der Waals surface area contributed by atoms with Gasteiger partial charge in [0.15, 0.2) is 0 Å². The lowest BCUT2D eigenvalue weighted by molar-refractivity contribution is -0.139. The zero-order valence-corrected chi connectivity index (χ0v) is 36.4. The van der Waals surface area contributed by atoms with Crippen LogP contribution >= 0.6 is 0 Å². The number of imidazole rings is 2. The predicted octanol–water partition coefficient (Wildman–Crippen LogP) is 10.3. The van der Waals surface area contributed by atoms with E-state index in [1.807, 2.05) is 36.4 Å². The zero-order chi connectivity index (χ0) is 42.7. The second-order valence-corrected chi connectivity index (χ2v) is 16.7. The number of carbonyl (C=O) groups is 2. The van der Waals surface area contributed by atoms with Gasteiger partial charge in [0, 0.05) is 13.1 Å². The van der Waals surface area contributed by atoms with Gasteiger partial charge < -0.3 is 19.8 Å². The van der Waals surface area contributed by atoms with E-state index in [4.69, 9.17) is 9.97 Å². The number of likely N-dealkylation sites (N-methyl/N-ethyl adjacent to an activating group) is 2. The quantitative estimate of drug-likeness (QED) is 0.113. The SMILES string of the molecule is CCN(CC)[C@@H](C(=O)N1CCC[C@H]1c1nc2ccc(-c3ccc(-c4ccc5nc([C@@H]6CCCN6C(=O)[C@@H](c6ccccc6)N(CC)CC)[nH]c5c4)cc3)cc2[nH]1)c1ccccc1. The summed E-state index contributed by atoms with van der Waals surface area (Å²) in [4.78, 5) is 54.6. The predicted molar refractivity (Wildman–Crippen MR) is 248 cm³/mol. The van der Waals surface area contributed by atoms with Gasteiger partial charge in [-0.3, -0.25) is 19.4 Å². The van der Waals surface area contributed by atoms with Crippen LogP contribution in [0, 0.1) is 0 Å². The van der Waals surface area contributed by atoms with E-state index in [1.165, 1.54) is 0 Å². The van der Waals surface area contributed by atoms with E-state index >= 15 is 0 Å². The van der Waals surface area contributed by atoms with Gasteiger partial charge in [0.2, 0.25) is 11.8 Å². The highest BCUT2D eigenvalue weighted by atomic mass is 16.2. The Bertz CT molecular complexity index is 2450. The summed E-state index contributed by atoms with van der Waals surface area (Å²) in [5.41, 5.74) is 10.2. The smallest absolute Gasteiger partial charge is 0.245 e. The molecule has 5 aromatic carbocycles. The van der Waals surface area contributed by atoms with Gasteiger partial charge in [-0.25, -0.2) is 9.97 Å². The van der Waals surface area contributed by atoms with Crippen molar-refractivity contribution in [1.29, 1.82) is 0 Å². The fourth-order valence-corrected chi connectivity index (χ4v) is 10.00. The van der Waals surface area contributed by atoms with E-state index in [0.717, 1.165) is 132 Å². The molecule has 62 heavy (non-hydrogen) atoms. The van der Waals surface area contributed by atoms with E-state index in [9.17, 15) is 9.59 Å². The number of carbonyl (C=O) groups excluding carboxylic acids is 2. The van der Waals surface area contributed by atoms with Crippen molar-refractivity contribution in [3.8, 4) is 22.3 Å². The molecule has 2 aliphatic heterocycles. The summed E-state index contributed by atoms with van der Waals surface area (Å²) in [6.45, 7) is 13.1. The zero-order valence-electron chi connectivity index (χ0n) is 36.4. The van der Waals surface area contributed by atoms with Crippen LogP contribution in [0.5, 0.6) is 0 Å². The average Bonchev–Trinajstić information content (AvgIpc) is 4.16. The largest absolute Gasteiger partial charge is 0.340 e. The molecule has 0 unspecified atom stereocenters. The molecule has 0 spiro atoms. The van der Waals surface area contributed by atoms with Gasteiger partial charge in [-0.1, -0.05) is 125 Å². The first kappa shape index (κ1) is 41.3. The van der Waals surface area contributed by atoms with Crippen LogP contribution < -0.4 is 0 Å². The lowest BCUT2D eigenvalue weighted by Gasteiger charge is -2.34. The fraction of sp³-hybridized carbons (Fsp3) is 0.346. The van der Waals surface area contributed by atoms with Crippen LogP contribution in [0.2, 0.25) is 0 Å². The van der Waals surface area contributed by atoms with Crippen molar-refractivity contribution in [2.75, 3.05) is 39.3 Å². The Hall–Kier alpha value is -6.10. The second-order valence-electron chi connectivity index (χ2n) is 16.7. The summed E-state index contributed by atoms with van der Waals surface area (Å²) >= 11 is 0. The summed E-state index contributed by atoms with van der Waals surface area (Å²) < 4.78 is 0. The molecule has 2 fully saturated rings. The Morgan fingerprint density at radius 3 is 1.29 bits per heavy atom. The molecule has 2 amide bonds. The molecule has 4 atom stereocenters. The Morgan fingerprint density at radius 2 is 0.919 bits per heavy atom. The molecule has 0 saturated carbocycles. The number of aromatic nitrogens is 4. The maximum absolute atomic E-state index is 14.3. The molecule has 7 aromatic rings. The highest BCUT2D eigenvalue weighted by molar-refractivity contribution is 5.87. The van der Waals surface area contributed by atoms with E-state index in [1.54, 1.807) is 0 Å². The van der Waals surface area contributed by atoms with Gasteiger partial charge >= 0.3 is 0 Å². The lowest BCUT2D eigenvalue weighted by atomic mass is 10.00. The summed E-state index contributed by atoms with van der Waals surface area (Å²) in [7, 11) is 0. The highest BCUT2D eigenvalue weighted by Gasteiger charge is 2.39. The van der Waals surface area contributed by atoms with Crippen molar-refractivity contribution < 1.29 is 9.59 Å². The molecule has 4 heterocycles. The number of rotatable bonds is 14. The van der Waals surface area contributed by atoms with Crippen molar-refractivity contribution >= 4 is 33.9 Å². The first-order valence-corrected chi connectivity index (χ1v) is 22.7. The summed E-state index contributed by atoms with van der Waals surface area (Å²) in [5, 5.41) is 0. The van der Waals surface area contributed by atoms with Gasteiger partial charge in [-0.05, 0) is 110 Å². The van der Waals surface area contributed by atoms with E-state index in [0.29, 0.717) is 0 Å². The minimum atomic E-state index is -0.319. The molecule has 318 valence electrons. The molecule has 0 bridgehead atoms. The lowest BCUT2D eigenvalue weighted by Crippen LogP contribution is -2.43. The van der Waals surface area contributed by atoms with Crippen molar-refractivity contribution in [1.82, 2.24) is 39.5 Å². The molecule has 0 radical (unpaired) electrons. The monoisotopic (exact) mass is 826 g/mol. The van der Waals surface area contributed by atoms with Crippen molar-refractivity contribution in [3.63, 3.8) is 0 Å². The average molecular weight is 827 g/mol. The number of nitrogens with one attached hydrogen (secondary N) is 2. The van der Waals surface area contributed by atoms with E-state index in [-0.39, 0.29) is 36.0 Å². The van der Waals surface area contributed by atoms with Crippen LogP contribution in [0.3, 0.4) is 0 Å². The topological polar surface area (TPSA) is 104 Å². The molecule has 2 aliphatic rings. The van der Waals surface area contributed by atoms with Crippen LogP contribution in [0.1, 0.15) is 100 Å². The first-order chi connectivity index (χ1) is 30.4. The van der Waals surface area contributed by atoms with Crippen molar-refractivity contribution in [2.24, 2.45) is 0 Å². The van der Waals surface area contributed by atoms with Crippen LogP contribution in [0.25, 0.3) is 44.3 Å². The number of aromatic amines is 2. The summed E-state index contributed by atoms with van der Waals surface area (Å²) in [5.74, 6) is 1.99. The Balaban J connectivity index is 0.917. The van der Waals surface area contributed by atoms with Crippen LogP contribution in [0.15, 0.2) is 121 Å². The molecule has 2 saturated heterocycles. The Morgan fingerprint density at radius 1 is 0.548 bits per heavy atom. The molecule has 10 heteroatoms. The molecule has 10 nitrogen and oxygen atoms in total. The minimum Gasteiger partial charge on any atom is -0.340 e. The third-order valence-corrected chi connectivity index (χ3v) is 13.3. The molecular formula is C52H58N8O2. The molecule has 0 aliphatic carbocycles. The number of hydrogen-bond acceptors (Lipinski definition) is 6. The second kappa shape index (κ2) is 18.1. The Labute approximate surface area is 365 Å². The maximum Gasteiger partial charge on any atom is 0.245 e. The number of fused-ring (bicyclic) bond motifs is 2. The Kier molecular flexibility index (Phi) is 12.0. The molecule has 2 N–H and O–H groups in total. The molecule has 2 aromatic heterocycles. The maximum atomic E-state index is 14.3. The minimum absolute atomic E-state index is 0.0909. The normalized spacial score (nSPS) is 17.8. The van der Waals surface area contributed by atoms with E-state index < -0.39 is 0 Å². The number of nitrogens with zero attached hydrogens (tertiary/aromatic N) is 6. The standard InChI is InChI=1S/C52H58N8O2/c1-5-57(6-2)47(37-17-11-9-12-18-37)51(61)59-31-15-21-45(59)49-53-41-29-27-39(33-43(41)55-49)35-23-25-36(26-24-35)40-28-30-42-44(34-40)56-50(54-42)46-22-16-32-60(46)52(62)48(58(7-3)8-4)38-19-13-10-14-20-38/h9-14,17-20,23-30,33-34,45-48H,5-8,15-16,21-22,31-32H2,1-4H3,(H,53,55)(H,54,56)/t45-,46-,47+,48+/m0/s1. The van der Waals surface area contributed by atoms with Crippen molar-refractivity contribution in [3.05, 3.63) is 144 Å². The molecule has 9 rings (SSSR count). The third kappa shape index (κ3) is 7.93. The van der Waals surface area contributed by atoms with Crippen LogP contribution in [-0.2, 0) is 9.59 Å². The van der Waals surface area contributed by atoms with Gasteiger partial charge in [0.25, 0.3) is 0 Å². The highest BCUT2D eigenvalue weighted by Crippen LogP contribution is 2.38. The summed E-state index contributed by atoms with van der Waals surface area (Å²) in [6, 6.07) is 41.0. The number of amides is 2.